The summed E-state index contributed by atoms with van der Waals surface area (Å²) in [5, 5.41) is 0. The van der Waals surface area contributed by atoms with Gasteiger partial charge in [-0.05, 0) is 32.8 Å². The lowest BCUT2D eigenvalue weighted by molar-refractivity contribution is -0.0477. The van der Waals surface area contributed by atoms with Crippen LogP contribution in [0.5, 0.6) is 0 Å². The predicted octanol–water partition coefficient (Wildman–Crippen LogP) is 3.26. The van der Waals surface area contributed by atoms with Crippen LogP contribution in [0.3, 0.4) is 0 Å². The Morgan fingerprint density at radius 3 is 2.52 bits per heavy atom. The number of hydrogen-bond acceptors (Lipinski definition) is 4. The zero-order valence-corrected chi connectivity index (χ0v) is 15.1. The van der Waals surface area contributed by atoms with Gasteiger partial charge in [0.15, 0.2) is 0 Å². The highest BCUT2D eigenvalue weighted by molar-refractivity contribution is 5.71. The first-order chi connectivity index (χ1) is 11.8. The molecular formula is C19H26N2O4. The molecule has 2 fully saturated rings. The Kier molecular flexibility index (Phi) is 4.88. The summed E-state index contributed by atoms with van der Waals surface area (Å²) in [6.07, 6.45) is 0.276. The van der Waals surface area contributed by atoms with Gasteiger partial charge in [-0.2, -0.15) is 0 Å². The maximum atomic E-state index is 12.3. The summed E-state index contributed by atoms with van der Waals surface area (Å²) in [6, 6.07) is 9.66. The van der Waals surface area contributed by atoms with E-state index in [0.717, 1.165) is 12.0 Å². The van der Waals surface area contributed by atoms with Crippen molar-refractivity contribution in [2.45, 2.75) is 45.4 Å². The summed E-state index contributed by atoms with van der Waals surface area (Å²) >= 11 is 0. The van der Waals surface area contributed by atoms with Gasteiger partial charge in [0.1, 0.15) is 12.2 Å². The molecule has 2 saturated heterocycles. The molecule has 0 radical (unpaired) electrons. The van der Waals surface area contributed by atoms with Crippen LogP contribution < -0.4 is 0 Å². The number of carbonyl (C=O) groups excluding carboxylic acids is 2. The number of benzene rings is 1. The zero-order valence-electron chi connectivity index (χ0n) is 15.1. The van der Waals surface area contributed by atoms with E-state index in [1.807, 2.05) is 51.1 Å². The van der Waals surface area contributed by atoms with Crippen molar-refractivity contribution in [3.8, 4) is 0 Å². The highest BCUT2D eigenvalue weighted by Crippen LogP contribution is 2.33. The number of rotatable bonds is 2. The topological polar surface area (TPSA) is 59.1 Å². The fourth-order valence-electron chi connectivity index (χ4n) is 3.30. The molecule has 0 unspecified atom stereocenters. The van der Waals surface area contributed by atoms with Gasteiger partial charge in [0.25, 0.3) is 0 Å². The molecule has 2 heterocycles. The number of ether oxygens (including phenoxy) is 2. The standard InChI is InChI=1S/C19H26N2O4/c1-19(2,3)25-17(22)20-10-9-15-11-21(16(15)12-20)18(23)24-13-14-7-5-4-6-8-14/h4-8,15-16H,9-13H2,1-3H3/t15-,16-/m0/s1. The van der Waals surface area contributed by atoms with E-state index in [-0.39, 0.29) is 24.8 Å². The molecule has 6 nitrogen and oxygen atoms in total. The molecule has 2 amide bonds. The van der Waals surface area contributed by atoms with Gasteiger partial charge < -0.3 is 19.3 Å². The van der Waals surface area contributed by atoms with Gasteiger partial charge in [0.05, 0.1) is 6.04 Å². The van der Waals surface area contributed by atoms with E-state index in [4.69, 9.17) is 9.47 Å². The molecule has 3 rings (SSSR count). The van der Waals surface area contributed by atoms with Crippen molar-refractivity contribution < 1.29 is 19.1 Å². The summed E-state index contributed by atoms with van der Waals surface area (Å²) in [5.74, 6) is 0.447. The average molecular weight is 346 g/mol. The molecule has 1 aromatic rings. The molecule has 0 aromatic heterocycles. The SMILES string of the molecule is CC(C)(C)OC(=O)N1CC[C@H]2CN(C(=O)OCc3ccccc3)[C@H]2C1. The molecule has 136 valence electrons. The Hall–Kier alpha value is -2.24. The van der Waals surface area contributed by atoms with E-state index < -0.39 is 5.60 Å². The molecule has 0 bridgehead atoms. The molecule has 2 atom stereocenters. The quantitative estimate of drug-likeness (QED) is 0.825. The molecule has 2 aliphatic rings. The van der Waals surface area contributed by atoms with E-state index in [1.54, 1.807) is 9.80 Å². The maximum Gasteiger partial charge on any atom is 0.410 e. The Bertz CT molecular complexity index is 626. The van der Waals surface area contributed by atoms with E-state index in [1.165, 1.54) is 0 Å². The Balaban J connectivity index is 1.52. The molecule has 0 N–H and O–H groups in total. The first-order valence-electron chi connectivity index (χ1n) is 8.79. The summed E-state index contributed by atoms with van der Waals surface area (Å²) in [4.78, 5) is 28.0. The normalized spacial score (nSPS) is 22.7. The van der Waals surface area contributed by atoms with Gasteiger partial charge in [0, 0.05) is 25.6 Å². The lowest BCUT2D eigenvalue weighted by Gasteiger charge is -2.52. The van der Waals surface area contributed by atoms with Crippen LogP contribution in [0.1, 0.15) is 32.8 Å². The van der Waals surface area contributed by atoms with Gasteiger partial charge >= 0.3 is 12.2 Å². The van der Waals surface area contributed by atoms with Gasteiger partial charge in [-0.1, -0.05) is 30.3 Å². The van der Waals surface area contributed by atoms with Crippen molar-refractivity contribution in [2.24, 2.45) is 5.92 Å². The second-order valence-electron chi connectivity index (χ2n) is 7.74. The molecular weight excluding hydrogens is 320 g/mol. The summed E-state index contributed by atoms with van der Waals surface area (Å²) in [6.45, 7) is 7.74. The van der Waals surface area contributed by atoms with Crippen molar-refractivity contribution in [1.82, 2.24) is 9.80 Å². The summed E-state index contributed by atoms with van der Waals surface area (Å²) in [7, 11) is 0. The van der Waals surface area contributed by atoms with Crippen molar-refractivity contribution in [1.29, 1.82) is 0 Å². The third-order valence-corrected chi connectivity index (χ3v) is 4.64. The number of nitrogens with zero attached hydrogens (tertiary/aromatic N) is 2. The Labute approximate surface area is 148 Å². The number of fused-ring (bicyclic) bond motifs is 1. The first kappa shape index (κ1) is 17.6. The van der Waals surface area contributed by atoms with Gasteiger partial charge in [-0.25, -0.2) is 9.59 Å². The highest BCUT2D eigenvalue weighted by atomic mass is 16.6. The Morgan fingerprint density at radius 1 is 1.12 bits per heavy atom. The summed E-state index contributed by atoms with van der Waals surface area (Å²) in [5.41, 5.74) is 0.453. The minimum Gasteiger partial charge on any atom is -0.445 e. The molecule has 0 saturated carbocycles. The van der Waals surface area contributed by atoms with Crippen LogP contribution in [0.25, 0.3) is 0 Å². The average Bonchev–Trinajstić information content (AvgIpc) is 2.53. The van der Waals surface area contributed by atoms with Gasteiger partial charge in [0.2, 0.25) is 0 Å². The molecule has 6 heteroatoms. The van der Waals surface area contributed by atoms with E-state index in [2.05, 4.69) is 0 Å². The second kappa shape index (κ2) is 6.94. The third kappa shape index (κ3) is 4.24. The van der Waals surface area contributed by atoms with Crippen LogP contribution in [-0.2, 0) is 16.1 Å². The number of likely N-dealkylation sites (tertiary alicyclic amines) is 2. The van der Waals surface area contributed by atoms with Gasteiger partial charge in [-0.3, -0.25) is 0 Å². The lowest BCUT2D eigenvalue weighted by Crippen LogP contribution is -2.66. The smallest absolute Gasteiger partial charge is 0.410 e. The fraction of sp³-hybridized carbons (Fsp3) is 0.579. The zero-order chi connectivity index (χ0) is 18.0. The van der Waals surface area contributed by atoms with Crippen LogP contribution in [0.4, 0.5) is 9.59 Å². The number of hydrogen-bond donors (Lipinski definition) is 0. The van der Waals surface area contributed by atoms with Crippen molar-refractivity contribution in [2.75, 3.05) is 19.6 Å². The van der Waals surface area contributed by atoms with E-state index >= 15 is 0 Å². The van der Waals surface area contributed by atoms with Crippen LogP contribution in [0.2, 0.25) is 0 Å². The maximum absolute atomic E-state index is 12.3. The monoisotopic (exact) mass is 346 g/mol. The van der Waals surface area contributed by atoms with Crippen molar-refractivity contribution in [3.05, 3.63) is 35.9 Å². The Morgan fingerprint density at radius 2 is 1.84 bits per heavy atom. The molecule has 2 aliphatic heterocycles. The largest absolute Gasteiger partial charge is 0.445 e. The molecule has 0 spiro atoms. The molecule has 25 heavy (non-hydrogen) atoms. The summed E-state index contributed by atoms with van der Waals surface area (Å²) < 4.78 is 10.8. The predicted molar refractivity (Wildman–Crippen MR) is 93.0 cm³/mol. The van der Waals surface area contributed by atoms with Crippen molar-refractivity contribution >= 4 is 12.2 Å². The van der Waals surface area contributed by atoms with Crippen LogP contribution >= 0.6 is 0 Å². The second-order valence-corrected chi connectivity index (χ2v) is 7.74. The highest BCUT2D eigenvalue weighted by Gasteiger charge is 2.47. The number of piperidine rings is 1. The number of carbonyl (C=O) groups is 2. The van der Waals surface area contributed by atoms with Crippen LogP contribution in [0.15, 0.2) is 30.3 Å². The molecule has 1 aromatic carbocycles. The lowest BCUT2D eigenvalue weighted by atomic mass is 9.83. The van der Waals surface area contributed by atoms with Crippen LogP contribution in [0, 0.1) is 5.92 Å². The van der Waals surface area contributed by atoms with Gasteiger partial charge in [-0.15, -0.1) is 0 Å². The molecule has 0 aliphatic carbocycles. The van der Waals surface area contributed by atoms with Crippen molar-refractivity contribution in [3.63, 3.8) is 0 Å². The van der Waals surface area contributed by atoms with E-state index in [9.17, 15) is 9.59 Å². The van der Waals surface area contributed by atoms with Crippen LogP contribution in [-0.4, -0.2) is 53.3 Å². The fourth-order valence-corrected chi connectivity index (χ4v) is 3.30. The van der Waals surface area contributed by atoms with E-state index in [0.29, 0.717) is 25.6 Å². The first-order valence-corrected chi connectivity index (χ1v) is 8.79. The minimum atomic E-state index is -0.512. The third-order valence-electron chi connectivity index (χ3n) is 4.64. The minimum absolute atomic E-state index is 0.0320. The number of amides is 2.